The summed E-state index contributed by atoms with van der Waals surface area (Å²) in [5.74, 6) is 0.0336. The van der Waals surface area contributed by atoms with E-state index in [0.717, 1.165) is 31.8 Å². The normalized spacial score (nSPS) is 18.7. The SMILES string of the molecule is CC(C)(C)OC(=O)NCC1CCCN1c1ncc(F)cn1. The van der Waals surface area contributed by atoms with Crippen LogP contribution in [0.2, 0.25) is 0 Å². The number of ether oxygens (including phenoxy) is 1. The van der Waals surface area contributed by atoms with E-state index in [1.165, 1.54) is 0 Å². The van der Waals surface area contributed by atoms with Gasteiger partial charge in [0, 0.05) is 19.1 Å². The zero-order valence-electron chi connectivity index (χ0n) is 12.6. The highest BCUT2D eigenvalue weighted by molar-refractivity contribution is 5.67. The minimum atomic E-state index is -0.514. The lowest BCUT2D eigenvalue weighted by molar-refractivity contribution is 0.0525. The van der Waals surface area contributed by atoms with Gasteiger partial charge in [0.2, 0.25) is 5.95 Å². The van der Waals surface area contributed by atoms with Crippen LogP contribution in [0.5, 0.6) is 0 Å². The van der Waals surface area contributed by atoms with Crippen LogP contribution in [0.25, 0.3) is 0 Å². The van der Waals surface area contributed by atoms with Crippen LogP contribution in [0.15, 0.2) is 12.4 Å². The van der Waals surface area contributed by atoms with E-state index in [-0.39, 0.29) is 6.04 Å². The number of hydrogen-bond donors (Lipinski definition) is 1. The van der Waals surface area contributed by atoms with Crippen molar-refractivity contribution in [3.8, 4) is 0 Å². The minimum Gasteiger partial charge on any atom is -0.444 e. The number of aromatic nitrogens is 2. The van der Waals surface area contributed by atoms with E-state index in [4.69, 9.17) is 4.74 Å². The summed E-state index contributed by atoms with van der Waals surface area (Å²) in [6.45, 7) is 6.71. The van der Waals surface area contributed by atoms with Gasteiger partial charge in [0.25, 0.3) is 0 Å². The van der Waals surface area contributed by atoms with Crippen LogP contribution >= 0.6 is 0 Å². The quantitative estimate of drug-likeness (QED) is 0.925. The van der Waals surface area contributed by atoms with E-state index < -0.39 is 17.5 Å². The Labute approximate surface area is 123 Å². The first-order valence-electron chi connectivity index (χ1n) is 7.06. The number of nitrogens with one attached hydrogen (secondary N) is 1. The number of anilines is 1. The Bertz CT molecular complexity index is 487. The van der Waals surface area contributed by atoms with Gasteiger partial charge in [-0.2, -0.15) is 0 Å². The highest BCUT2D eigenvalue weighted by Gasteiger charge is 2.27. The monoisotopic (exact) mass is 296 g/mol. The van der Waals surface area contributed by atoms with Gasteiger partial charge in [0.1, 0.15) is 5.60 Å². The van der Waals surface area contributed by atoms with Gasteiger partial charge in [-0.15, -0.1) is 0 Å². The van der Waals surface area contributed by atoms with Crippen molar-refractivity contribution in [2.75, 3.05) is 18.0 Å². The van der Waals surface area contributed by atoms with Gasteiger partial charge in [-0.1, -0.05) is 0 Å². The summed E-state index contributed by atoms with van der Waals surface area (Å²) >= 11 is 0. The van der Waals surface area contributed by atoms with Crippen molar-refractivity contribution in [3.63, 3.8) is 0 Å². The van der Waals surface area contributed by atoms with Crippen LogP contribution in [-0.2, 0) is 4.74 Å². The molecule has 2 heterocycles. The summed E-state index contributed by atoms with van der Waals surface area (Å²) in [4.78, 5) is 21.6. The minimum absolute atomic E-state index is 0.1000. The second-order valence-electron chi connectivity index (χ2n) is 6.07. The van der Waals surface area contributed by atoms with Crippen molar-refractivity contribution >= 4 is 12.0 Å². The Kier molecular flexibility index (Phi) is 4.59. The van der Waals surface area contributed by atoms with E-state index >= 15 is 0 Å². The van der Waals surface area contributed by atoms with Gasteiger partial charge in [0.05, 0.1) is 12.4 Å². The van der Waals surface area contributed by atoms with Gasteiger partial charge in [0.15, 0.2) is 5.82 Å². The van der Waals surface area contributed by atoms with Gasteiger partial charge < -0.3 is 15.0 Å². The molecule has 1 fully saturated rings. The fourth-order valence-corrected chi connectivity index (χ4v) is 2.28. The number of carbonyl (C=O) groups excluding carboxylic acids is 1. The lowest BCUT2D eigenvalue weighted by Gasteiger charge is -2.25. The van der Waals surface area contributed by atoms with Crippen molar-refractivity contribution in [1.29, 1.82) is 0 Å². The largest absolute Gasteiger partial charge is 0.444 e. The van der Waals surface area contributed by atoms with Gasteiger partial charge in [-0.25, -0.2) is 19.2 Å². The molecule has 1 saturated heterocycles. The summed E-state index contributed by atoms with van der Waals surface area (Å²) in [7, 11) is 0. The Morgan fingerprint density at radius 2 is 2.14 bits per heavy atom. The zero-order chi connectivity index (χ0) is 15.5. The number of carbonyl (C=O) groups is 1. The molecule has 1 atom stereocenters. The smallest absolute Gasteiger partial charge is 0.407 e. The first-order chi connectivity index (χ1) is 9.85. The zero-order valence-corrected chi connectivity index (χ0v) is 12.6. The molecule has 1 amide bonds. The van der Waals surface area contributed by atoms with Crippen LogP contribution in [0.3, 0.4) is 0 Å². The molecule has 1 unspecified atom stereocenters. The van der Waals surface area contributed by atoms with Crippen LogP contribution < -0.4 is 10.2 Å². The predicted molar refractivity (Wildman–Crippen MR) is 76.6 cm³/mol. The second-order valence-corrected chi connectivity index (χ2v) is 6.07. The molecular weight excluding hydrogens is 275 g/mol. The highest BCUT2D eigenvalue weighted by atomic mass is 19.1. The molecule has 0 aliphatic carbocycles. The van der Waals surface area contributed by atoms with Crippen molar-refractivity contribution in [2.24, 2.45) is 0 Å². The molecule has 1 aromatic heterocycles. The third-order valence-corrected chi connectivity index (χ3v) is 3.12. The van der Waals surface area contributed by atoms with Crippen molar-refractivity contribution in [1.82, 2.24) is 15.3 Å². The Hall–Kier alpha value is -1.92. The molecule has 0 spiro atoms. The fraction of sp³-hybridized carbons (Fsp3) is 0.643. The van der Waals surface area contributed by atoms with E-state index in [9.17, 15) is 9.18 Å². The first kappa shape index (κ1) is 15.5. The topological polar surface area (TPSA) is 67.3 Å². The standard InChI is InChI=1S/C14H21FN4O2/c1-14(2,3)21-13(20)18-9-11-5-4-6-19(11)12-16-7-10(15)8-17-12/h7-8,11H,4-6,9H2,1-3H3,(H,18,20). The van der Waals surface area contributed by atoms with E-state index in [1.54, 1.807) is 0 Å². The number of nitrogens with zero attached hydrogens (tertiary/aromatic N) is 3. The molecule has 116 valence electrons. The van der Waals surface area contributed by atoms with Gasteiger partial charge in [-0.05, 0) is 33.6 Å². The fourth-order valence-electron chi connectivity index (χ4n) is 2.28. The maximum Gasteiger partial charge on any atom is 0.407 e. The van der Waals surface area contributed by atoms with Crippen LogP contribution in [-0.4, -0.2) is 40.8 Å². The highest BCUT2D eigenvalue weighted by Crippen LogP contribution is 2.21. The molecule has 7 heteroatoms. The third kappa shape index (κ3) is 4.54. The molecule has 1 aliphatic rings. The lowest BCUT2D eigenvalue weighted by Crippen LogP contribution is -2.42. The number of halogens is 1. The summed E-state index contributed by atoms with van der Waals surface area (Å²) in [5, 5.41) is 2.76. The number of alkyl carbamates (subject to hydrolysis) is 1. The van der Waals surface area contributed by atoms with Crippen molar-refractivity contribution in [3.05, 3.63) is 18.2 Å². The molecular formula is C14H21FN4O2. The van der Waals surface area contributed by atoms with E-state index in [0.29, 0.717) is 12.5 Å². The van der Waals surface area contributed by atoms with Gasteiger partial charge in [-0.3, -0.25) is 0 Å². The van der Waals surface area contributed by atoms with E-state index in [1.807, 2.05) is 25.7 Å². The Balaban J connectivity index is 1.90. The average Bonchev–Trinajstić information content (AvgIpc) is 2.83. The van der Waals surface area contributed by atoms with E-state index in [2.05, 4.69) is 15.3 Å². The maximum atomic E-state index is 12.9. The Morgan fingerprint density at radius 1 is 1.48 bits per heavy atom. The molecule has 2 rings (SSSR count). The number of amides is 1. The van der Waals surface area contributed by atoms with Crippen LogP contribution in [0.1, 0.15) is 33.6 Å². The molecule has 21 heavy (non-hydrogen) atoms. The molecule has 0 saturated carbocycles. The van der Waals surface area contributed by atoms with Crippen molar-refractivity contribution < 1.29 is 13.9 Å². The molecule has 1 aromatic rings. The lowest BCUT2D eigenvalue weighted by atomic mass is 10.2. The Morgan fingerprint density at radius 3 is 2.76 bits per heavy atom. The summed E-state index contributed by atoms with van der Waals surface area (Å²) < 4.78 is 18.1. The maximum absolute atomic E-state index is 12.9. The third-order valence-electron chi connectivity index (χ3n) is 3.12. The number of rotatable bonds is 3. The molecule has 0 radical (unpaired) electrons. The van der Waals surface area contributed by atoms with Crippen LogP contribution in [0, 0.1) is 5.82 Å². The average molecular weight is 296 g/mol. The molecule has 1 aliphatic heterocycles. The van der Waals surface area contributed by atoms with Crippen molar-refractivity contribution in [2.45, 2.75) is 45.3 Å². The second kappa shape index (κ2) is 6.24. The van der Waals surface area contributed by atoms with Crippen LogP contribution in [0.4, 0.5) is 15.1 Å². The molecule has 0 bridgehead atoms. The number of hydrogen-bond acceptors (Lipinski definition) is 5. The van der Waals surface area contributed by atoms with Gasteiger partial charge >= 0.3 is 6.09 Å². The predicted octanol–water partition coefficient (Wildman–Crippen LogP) is 2.11. The molecule has 1 N–H and O–H groups in total. The summed E-state index contributed by atoms with van der Waals surface area (Å²) in [5.41, 5.74) is -0.514. The first-order valence-corrected chi connectivity index (χ1v) is 7.06. The molecule has 0 aromatic carbocycles. The summed E-state index contributed by atoms with van der Waals surface area (Å²) in [6.07, 6.45) is 3.78. The molecule has 6 nitrogen and oxygen atoms in total. The summed E-state index contributed by atoms with van der Waals surface area (Å²) in [6, 6.07) is 0.1000.